The van der Waals surface area contributed by atoms with Gasteiger partial charge in [-0.2, -0.15) is 0 Å². The second-order valence-electron chi connectivity index (χ2n) is 8.53. The number of pyridine rings is 2. The first-order valence-corrected chi connectivity index (χ1v) is 18.7. The van der Waals surface area contributed by atoms with Crippen molar-refractivity contribution in [2.24, 2.45) is 11.8 Å². The molecule has 0 bridgehead atoms. The maximum absolute atomic E-state index is 4.85. The van der Waals surface area contributed by atoms with Crippen LogP contribution in [0.25, 0.3) is 16.6 Å². The first-order chi connectivity index (χ1) is 14.7. The van der Waals surface area contributed by atoms with E-state index in [0.29, 0.717) is 5.92 Å². The molecule has 30 heavy (non-hydrogen) atoms. The van der Waals surface area contributed by atoms with Crippen LogP contribution in [0, 0.1) is 15.5 Å². The van der Waals surface area contributed by atoms with Crippen LogP contribution >= 0.6 is 19.8 Å². The summed E-state index contributed by atoms with van der Waals surface area (Å²) in [4.78, 5) is 11.8. The van der Waals surface area contributed by atoms with Crippen molar-refractivity contribution < 1.29 is 21.2 Å². The van der Waals surface area contributed by atoms with Crippen molar-refractivity contribution in [3.63, 3.8) is 0 Å². The van der Waals surface area contributed by atoms with Crippen molar-refractivity contribution in [3.05, 3.63) is 47.4 Å². The van der Waals surface area contributed by atoms with Gasteiger partial charge < -0.3 is 0 Å². The van der Waals surface area contributed by atoms with E-state index in [4.69, 9.17) is 9.97 Å². The van der Waals surface area contributed by atoms with Gasteiger partial charge in [0.05, 0.1) is 0 Å². The number of alkyl halides is 2. The second-order valence-corrected chi connectivity index (χ2v) is 15.9. The molecule has 0 radical (unpaired) electrons. The Kier molecular flexibility index (Phi) is 8.23. The molecule has 1 aliphatic heterocycles. The zero-order chi connectivity index (χ0) is 20.9. The molecule has 2 aliphatic rings. The zero-order valence-corrected chi connectivity index (χ0v) is 22.9. The molecular weight excluding hydrogens is 594 g/mol. The van der Waals surface area contributed by atoms with Crippen molar-refractivity contribution in [1.82, 2.24) is 9.97 Å². The van der Waals surface area contributed by atoms with Crippen molar-refractivity contribution in [3.8, 4) is 0 Å². The van der Waals surface area contributed by atoms with E-state index in [1.54, 1.807) is 5.57 Å². The molecule has 0 spiro atoms. The molecule has 2 atom stereocenters. The van der Waals surface area contributed by atoms with Gasteiger partial charge >= 0.3 is 201 Å². The number of unbranched alkanes of at least 4 members (excludes halogenated alkanes) is 3. The summed E-state index contributed by atoms with van der Waals surface area (Å²) in [6, 6.07) is 6.58. The topological polar surface area (TPSA) is 25.8 Å². The number of nitrogens with zero attached hydrogens (tertiary/aromatic N) is 2. The molecule has 4 heteroatoms. The Labute approximate surface area is 200 Å². The van der Waals surface area contributed by atoms with Crippen LogP contribution in [0.5, 0.6) is 0 Å². The van der Waals surface area contributed by atoms with E-state index in [-0.39, 0.29) is 21.2 Å². The van der Waals surface area contributed by atoms with Gasteiger partial charge in [0.1, 0.15) is 0 Å². The number of fused-ring (bicyclic) bond motifs is 2. The first kappa shape index (κ1) is 22.7. The van der Waals surface area contributed by atoms with E-state index in [1.165, 1.54) is 65.1 Å². The molecule has 2 aromatic heterocycles. The van der Waals surface area contributed by atoms with Gasteiger partial charge in [-0.05, 0) is 0 Å². The Morgan fingerprint density at radius 1 is 1.07 bits per heavy atom. The van der Waals surface area contributed by atoms with Crippen LogP contribution in [-0.4, -0.2) is 19.3 Å². The average molecular weight is 629 g/mol. The number of allylic oxidation sites excluding steroid dienone is 3. The summed E-state index contributed by atoms with van der Waals surface area (Å²) in [5.74, 6) is 1.64. The minimum atomic E-state index is -1.04. The number of aromatic nitrogens is 2. The van der Waals surface area contributed by atoms with Crippen LogP contribution in [0.15, 0.2) is 38.1 Å². The van der Waals surface area contributed by atoms with E-state index >= 15 is 0 Å². The monoisotopic (exact) mass is 629 g/mol. The van der Waals surface area contributed by atoms with Crippen LogP contribution in [-0.2, 0) is 0 Å². The summed E-state index contributed by atoms with van der Waals surface area (Å²) in [6.07, 6.45) is 16.0. The van der Waals surface area contributed by atoms with Gasteiger partial charge in [0, 0.05) is 0 Å². The fraction of sp³-hybridized carbons (Fsp3) is 0.538. The van der Waals surface area contributed by atoms with Crippen molar-refractivity contribution in [1.29, 1.82) is 0 Å². The molecule has 0 amide bonds. The molecule has 2 unspecified atom stereocenters. The van der Waals surface area contributed by atoms with Gasteiger partial charge in [0.15, 0.2) is 0 Å². The molecule has 3 heterocycles. The standard InChI is InChI=1S/C26H35I2N2/c1-4-6-10-19(5-2)11-8-7-9-14-28-17-22(21-16-23(21)28)20-15-25-24(29-18-20)12-13-26(27-3)30-25/h12-13,15-19,21H,4-11,14H2,1-3H3/q-1. The maximum atomic E-state index is 4.85. The molecule has 1 aliphatic carbocycles. The third-order valence-corrected chi connectivity index (χ3v) is 14.1. The summed E-state index contributed by atoms with van der Waals surface area (Å²) in [6.45, 7) is 4.69. The molecule has 0 fully saturated rings. The van der Waals surface area contributed by atoms with Crippen LogP contribution in [0.2, 0.25) is 0 Å². The normalized spacial score (nSPS) is 19.7. The van der Waals surface area contributed by atoms with Gasteiger partial charge in [-0.1, -0.05) is 0 Å². The Bertz CT molecular complexity index is 934. The predicted octanol–water partition coefficient (Wildman–Crippen LogP) is 4.67. The van der Waals surface area contributed by atoms with E-state index in [2.05, 4.69) is 53.3 Å². The van der Waals surface area contributed by atoms with E-state index in [1.807, 2.05) is 3.58 Å². The molecule has 0 saturated heterocycles. The van der Waals surface area contributed by atoms with Crippen LogP contribution in [0.4, 0.5) is 0 Å². The molecule has 2 aromatic rings. The zero-order valence-electron chi connectivity index (χ0n) is 18.6. The van der Waals surface area contributed by atoms with Gasteiger partial charge in [-0.15, -0.1) is 0 Å². The van der Waals surface area contributed by atoms with Gasteiger partial charge in [0.2, 0.25) is 0 Å². The minimum absolute atomic E-state index is 0.0295. The fourth-order valence-electron chi connectivity index (χ4n) is 4.40. The van der Waals surface area contributed by atoms with Crippen molar-refractivity contribution >= 4 is 36.4 Å². The number of hydrogen-bond acceptors (Lipinski definition) is 2. The van der Waals surface area contributed by atoms with Crippen LogP contribution < -0.4 is 21.2 Å². The summed E-state index contributed by atoms with van der Waals surface area (Å²) >= 11 is -1.01. The number of hydrogen-bond donors (Lipinski definition) is 0. The quantitative estimate of drug-likeness (QED) is 0.148. The molecule has 2 nitrogen and oxygen atoms in total. The molecule has 0 saturated carbocycles. The van der Waals surface area contributed by atoms with Crippen LogP contribution in [0.3, 0.4) is 0 Å². The summed E-state index contributed by atoms with van der Waals surface area (Å²) in [7, 11) is 0. The van der Waals surface area contributed by atoms with Gasteiger partial charge in [0.25, 0.3) is 0 Å². The molecular formula is C26H35I2N2-. The van der Waals surface area contributed by atoms with Crippen molar-refractivity contribution in [2.45, 2.75) is 65.2 Å². The van der Waals surface area contributed by atoms with E-state index < -0.39 is 19.8 Å². The van der Waals surface area contributed by atoms with Gasteiger partial charge in [-0.3, -0.25) is 0 Å². The third-order valence-electron chi connectivity index (χ3n) is 6.40. The molecule has 164 valence electrons. The van der Waals surface area contributed by atoms with E-state index in [0.717, 1.165) is 17.0 Å². The van der Waals surface area contributed by atoms with E-state index in [9.17, 15) is 0 Å². The Hall–Kier alpha value is -0.500. The second kappa shape index (κ2) is 10.9. The molecule has 0 aromatic carbocycles. The number of rotatable bonds is 12. The average Bonchev–Trinajstić information content (AvgIpc) is 3.50. The summed E-state index contributed by atoms with van der Waals surface area (Å²) in [5.41, 5.74) is 4.98. The number of halogens is 2. The third kappa shape index (κ3) is 5.45. The molecule has 0 N–H and O–H groups in total. The van der Waals surface area contributed by atoms with Crippen molar-refractivity contribution in [2.75, 3.05) is 9.36 Å². The Morgan fingerprint density at radius 2 is 1.93 bits per heavy atom. The first-order valence-electron chi connectivity index (χ1n) is 11.6. The summed E-state index contributed by atoms with van der Waals surface area (Å²) < 4.78 is 7.26. The fourth-order valence-corrected chi connectivity index (χ4v) is 11.7. The Balaban J connectivity index is 1.31. The van der Waals surface area contributed by atoms with Gasteiger partial charge in [-0.25, -0.2) is 0 Å². The SMILES string of the molecule is CCCCC(CC)CCCCCI1C=C(c2cnc3ccc([I-]C)nc3c2)C2C=C21. The Morgan fingerprint density at radius 3 is 2.73 bits per heavy atom. The predicted molar refractivity (Wildman–Crippen MR) is 134 cm³/mol. The summed E-state index contributed by atoms with van der Waals surface area (Å²) in [5, 5.41) is 0. The molecule has 4 rings (SSSR count). The van der Waals surface area contributed by atoms with Crippen LogP contribution in [0.1, 0.15) is 70.8 Å².